The summed E-state index contributed by atoms with van der Waals surface area (Å²) in [7, 11) is 0. The van der Waals surface area contributed by atoms with Gasteiger partial charge in [0.1, 0.15) is 4.32 Å². The number of carbonyl (C=O) groups excluding carboxylic acids is 1. The molecule has 0 heterocycles. The Morgan fingerprint density at radius 1 is 1.86 bits per heavy atom. The minimum atomic E-state index is 0. The van der Waals surface area contributed by atoms with Crippen LogP contribution < -0.4 is 5.73 Å². The van der Waals surface area contributed by atoms with Gasteiger partial charge in [-0.15, -0.1) is 0 Å². The Morgan fingerprint density at radius 2 is 2.29 bits per heavy atom. The van der Waals surface area contributed by atoms with Crippen molar-refractivity contribution in [3.8, 4) is 0 Å². The minimum Gasteiger partial charge on any atom is -0.384 e. The first-order chi connectivity index (χ1) is 2.77. The van der Waals surface area contributed by atoms with Crippen molar-refractivity contribution in [1.29, 1.82) is 0 Å². The maximum Gasteiger partial charge on any atom is 0.183 e. The number of thiocarbonyl (C=S) groups is 1. The molecule has 0 unspecified atom stereocenters. The topological polar surface area (TPSA) is 43.1 Å². The molecule has 0 aromatic carbocycles. The minimum absolute atomic E-state index is 0. The van der Waals surface area contributed by atoms with Crippen molar-refractivity contribution in [3.63, 3.8) is 0 Å². The van der Waals surface area contributed by atoms with E-state index in [4.69, 9.17) is 5.73 Å². The van der Waals surface area contributed by atoms with Crippen molar-refractivity contribution >= 4 is 33.9 Å². The summed E-state index contributed by atoms with van der Waals surface area (Å²) in [5.74, 6) is 0. The zero-order valence-electron chi connectivity index (χ0n) is 3.18. The van der Waals surface area contributed by atoms with Crippen molar-refractivity contribution in [1.82, 2.24) is 0 Å². The molecule has 45 valence electrons. The van der Waals surface area contributed by atoms with Crippen molar-refractivity contribution in [2.75, 3.05) is 0 Å². The summed E-state index contributed by atoms with van der Waals surface area (Å²) in [5, 5.41) is 0. The van der Waals surface area contributed by atoms with Gasteiger partial charge in [0, 0.05) is 17.1 Å². The Hall–Kier alpha value is 0.429. The first kappa shape index (κ1) is 10.4. The van der Waals surface area contributed by atoms with Crippen LogP contribution in [0.25, 0.3) is 0 Å². The standard InChI is InChI=1S/C2H3NOS2.Cu/c3-2(5)6-1-4;/h1H,(H2,3,5);. The summed E-state index contributed by atoms with van der Waals surface area (Å²) in [4.78, 5) is 9.41. The van der Waals surface area contributed by atoms with Gasteiger partial charge in [-0.2, -0.15) is 0 Å². The van der Waals surface area contributed by atoms with Crippen molar-refractivity contribution in [2.24, 2.45) is 5.73 Å². The van der Waals surface area contributed by atoms with E-state index < -0.39 is 0 Å². The third-order valence-corrected chi connectivity index (χ3v) is 0.781. The van der Waals surface area contributed by atoms with Crippen LogP contribution in [0.2, 0.25) is 0 Å². The Kier molecular flexibility index (Phi) is 9.57. The van der Waals surface area contributed by atoms with E-state index in [1.807, 2.05) is 0 Å². The molecule has 2 nitrogen and oxygen atoms in total. The zero-order valence-corrected chi connectivity index (χ0v) is 5.76. The van der Waals surface area contributed by atoms with Gasteiger partial charge in [0.05, 0.1) is 0 Å². The predicted octanol–water partition coefficient (Wildman–Crippen LogP) is 0.151. The fourth-order valence-corrected chi connectivity index (χ4v) is 0.260. The Morgan fingerprint density at radius 3 is 2.29 bits per heavy atom. The van der Waals surface area contributed by atoms with Gasteiger partial charge in [-0.1, -0.05) is 12.2 Å². The molecule has 0 rings (SSSR count). The van der Waals surface area contributed by atoms with Gasteiger partial charge < -0.3 is 5.73 Å². The van der Waals surface area contributed by atoms with Crippen LogP contribution in [0.4, 0.5) is 0 Å². The third-order valence-electron chi connectivity index (χ3n) is 0.164. The van der Waals surface area contributed by atoms with E-state index in [0.717, 1.165) is 11.8 Å². The molecule has 0 aliphatic rings. The van der Waals surface area contributed by atoms with Crippen LogP contribution in [0, 0.1) is 0 Å². The normalized spacial score (nSPS) is 6.29. The summed E-state index contributed by atoms with van der Waals surface area (Å²) < 4.78 is 0.171. The Labute approximate surface area is 61.7 Å². The van der Waals surface area contributed by atoms with E-state index in [-0.39, 0.29) is 21.4 Å². The maximum atomic E-state index is 9.41. The van der Waals surface area contributed by atoms with Gasteiger partial charge in [0.2, 0.25) is 0 Å². The van der Waals surface area contributed by atoms with Gasteiger partial charge in [0.25, 0.3) is 0 Å². The molecular formula is C2H3CuNOS2. The van der Waals surface area contributed by atoms with Crippen LogP contribution in [0.1, 0.15) is 0 Å². The first-order valence-electron chi connectivity index (χ1n) is 1.17. The van der Waals surface area contributed by atoms with Crippen LogP contribution in [-0.4, -0.2) is 9.94 Å². The van der Waals surface area contributed by atoms with E-state index in [9.17, 15) is 4.79 Å². The van der Waals surface area contributed by atoms with Gasteiger partial charge in [-0.25, -0.2) is 0 Å². The second-order valence-corrected chi connectivity index (χ2v) is 2.10. The Balaban J connectivity index is 0. The van der Waals surface area contributed by atoms with Gasteiger partial charge >= 0.3 is 0 Å². The molecule has 0 spiro atoms. The molecular weight excluding hydrogens is 182 g/mol. The van der Waals surface area contributed by atoms with Crippen LogP contribution in [0.3, 0.4) is 0 Å². The predicted molar refractivity (Wildman–Crippen MR) is 31.1 cm³/mol. The third kappa shape index (κ3) is 10.7. The Bertz CT molecular complexity index is 76.1. The van der Waals surface area contributed by atoms with Gasteiger partial charge in [-0.05, 0) is 11.8 Å². The molecule has 0 saturated heterocycles. The molecule has 0 aromatic rings. The molecule has 0 fully saturated rings. The van der Waals surface area contributed by atoms with E-state index >= 15 is 0 Å². The molecule has 0 saturated carbocycles. The molecule has 0 aliphatic carbocycles. The number of carbonyl (C=O) groups is 1. The molecule has 0 amide bonds. The smallest absolute Gasteiger partial charge is 0.183 e. The van der Waals surface area contributed by atoms with E-state index in [1.165, 1.54) is 0 Å². The van der Waals surface area contributed by atoms with Crippen LogP contribution in [-0.2, 0) is 21.9 Å². The molecule has 0 aliphatic heterocycles. The van der Waals surface area contributed by atoms with Crippen LogP contribution in [0.5, 0.6) is 0 Å². The summed E-state index contributed by atoms with van der Waals surface area (Å²) >= 11 is 5.12. The van der Waals surface area contributed by atoms with Crippen molar-refractivity contribution in [3.05, 3.63) is 0 Å². The van der Waals surface area contributed by atoms with Crippen molar-refractivity contribution < 1.29 is 21.9 Å². The van der Waals surface area contributed by atoms with E-state index in [0.29, 0.717) is 5.62 Å². The van der Waals surface area contributed by atoms with E-state index in [1.54, 1.807) is 0 Å². The summed E-state index contributed by atoms with van der Waals surface area (Å²) in [6.07, 6.45) is 0. The zero-order chi connectivity index (χ0) is 4.99. The molecule has 2 N–H and O–H groups in total. The average Bonchev–Trinajstić information content (AvgIpc) is 1.35. The quantitative estimate of drug-likeness (QED) is 0.358. The first-order valence-corrected chi connectivity index (χ1v) is 2.46. The number of hydrogen-bond acceptors (Lipinski definition) is 3. The molecule has 0 atom stereocenters. The number of hydrogen-bond donors (Lipinski definition) is 1. The molecule has 0 bridgehead atoms. The molecule has 0 aromatic heterocycles. The van der Waals surface area contributed by atoms with Crippen LogP contribution >= 0.6 is 24.0 Å². The number of nitrogens with two attached hydrogens (primary N) is 1. The molecule has 1 radical (unpaired) electrons. The van der Waals surface area contributed by atoms with Crippen molar-refractivity contribution in [2.45, 2.75) is 0 Å². The van der Waals surface area contributed by atoms with Crippen LogP contribution in [0.15, 0.2) is 0 Å². The summed E-state index contributed by atoms with van der Waals surface area (Å²) in [5.41, 5.74) is 5.47. The van der Waals surface area contributed by atoms with E-state index in [2.05, 4.69) is 12.2 Å². The average molecular weight is 185 g/mol. The fraction of sp³-hybridized carbons (Fsp3) is 0. The SMILES string of the molecule is NC(=S)SC=O.[Cu]. The second-order valence-electron chi connectivity index (χ2n) is 0.533. The maximum absolute atomic E-state index is 9.41. The fourth-order valence-electron chi connectivity index (χ4n) is 0.0474. The van der Waals surface area contributed by atoms with Gasteiger partial charge in [0.15, 0.2) is 5.62 Å². The summed E-state index contributed by atoms with van der Waals surface area (Å²) in [6, 6.07) is 0. The second kappa shape index (κ2) is 6.43. The number of rotatable bonds is 1. The largest absolute Gasteiger partial charge is 0.384 e. The molecule has 7 heavy (non-hydrogen) atoms. The number of thioether (sulfide) groups is 1. The molecule has 5 heteroatoms. The van der Waals surface area contributed by atoms with Gasteiger partial charge in [-0.3, -0.25) is 4.79 Å². The monoisotopic (exact) mass is 184 g/mol. The summed E-state index contributed by atoms with van der Waals surface area (Å²) in [6.45, 7) is 0.